The lowest BCUT2D eigenvalue weighted by Gasteiger charge is -2.29. The number of carbonyl (C=O) groups is 2. The summed E-state index contributed by atoms with van der Waals surface area (Å²) in [4.78, 5) is 22.0. The third-order valence-electron chi connectivity index (χ3n) is 3.17. The van der Waals surface area contributed by atoms with Crippen LogP contribution in [0.25, 0.3) is 0 Å². The third-order valence-corrected chi connectivity index (χ3v) is 3.17. The maximum absolute atomic E-state index is 11.6. The van der Waals surface area contributed by atoms with E-state index in [0.717, 1.165) is 6.42 Å². The fraction of sp³-hybridized carbons (Fsp3) is 0.875. The summed E-state index contributed by atoms with van der Waals surface area (Å²) in [6.45, 7) is 9.99. The normalized spacial score (nSPS) is 21.3. The molecule has 0 saturated carbocycles. The lowest BCUT2D eigenvalue weighted by atomic mass is 10.1. The zero-order valence-electron chi connectivity index (χ0n) is 15.1. The molecule has 2 N–H and O–H groups in total. The van der Waals surface area contributed by atoms with Crippen LogP contribution in [-0.4, -0.2) is 60.5 Å². The van der Waals surface area contributed by atoms with Crippen molar-refractivity contribution in [1.29, 1.82) is 0 Å². The molecule has 1 fully saturated rings. The zero-order chi connectivity index (χ0) is 18.4. The number of rotatable bonds is 8. The van der Waals surface area contributed by atoms with Crippen LogP contribution in [0.15, 0.2) is 0 Å². The molecule has 140 valence electrons. The Hall–Kier alpha value is -1.38. The highest BCUT2D eigenvalue weighted by Gasteiger charge is 2.35. The number of carbonyl (C=O) groups excluding carboxylic acids is 1. The highest BCUT2D eigenvalue weighted by molar-refractivity contribution is 5.70. The van der Waals surface area contributed by atoms with E-state index < -0.39 is 24.0 Å². The monoisotopic (exact) mass is 347 g/mol. The van der Waals surface area contributed by atoms with E-state index in [0.29, 0.717) is 6.61 Å². The predicted octanol–water partition coefficient (Wildman–Crippen LogP) is 1.91. The second-order valence-corrected chi connectivity index (χ2v) is 7.36. The summed E-state index contributed by atoms with van der Waals surface area (Å²) in [6, 6.07) is 0. The number of hydrogen-bond acceptors (Lipinski definition) is 6. The van der Waals surface area contributed by atoms with Crippen molar-refractivity contribution < 1.29 is 33.6 Å². The van der Waals surface area contributed by atoms with Gasteiger partial charge in [0.1, 0.15) is 6.61 Å². The van der Waals surface area contributed by atoms with Crippen LogP contribution in [0.3, 0.4) is 0 Å². The molecule has 2 atom stereocenters. The first-order chi connectivity index (χ1) is 11.0. The largest absolute Gasteiger partial charge is 0.481 e. The Labute approximate surface area is 142 Å². The molecule has 0 radical (unpaired) electrons. The van der Waals surface area contributed by atoms with Crippen molar-refractivity contribution >= 4 is 12.1 Å². The van der Waals surface area contributed by atoms with Gasteiger partial charge in [-0.2, -0.15) is 0 Å². The van der Waals surface area contributed by atoms with Crippen LogP contribution < -0.4 is 5.32 Å². The molecular weight excluding hydrogens is 318 g/mol. The topological polar surface area (TPSA) is 103 Å². The van der Waals surface area contributed by atoms with Gasteiger partial charge in [0, 0.05) is 13.0 Å². The molecule has 0 spiro atoms. The number of amides is 1. The van der Waals surface area contributed by atoms with Gasteiger partial charge < -0.3 is 29.4 Å². The summed E-state index contributed by atoms with van der Waals surface area (Å²) in [5.41, 5.74) is -0.713. The number of aliphatic carboxylic acids is 1. The van der Waals surface area contributed by atoms with Crippen molar-refractivity contribution in [2.45, 2.75) is 71.1 Å². The molecule has 2 unspecified atom stereocenters. The summed E-state index contributed by atoms with van der Waals surface area (Å²) in [6.07, 6.45) is -1.00. The second kappa shape index (κ2) is 8.64. The third kappa shape index (κ3) is 9.05. The number of alkyl carbamates (subject to hydrolysis) is 1. The molecule has 1 rings (SSSR count). The van der Waals surface area contributed by atoms with Crippen LogP contribution in [0.2, 0.25) is 0 Å². The standard InChI is InChI=1S/C16H29NO7/c1-15(2,3)24-13(23-11-8-16(4,5)22-9-11)10-21-14(20)17-7-6-12(18)19/h11,13H,6-10H2,1-5H3,(H,17,20)(H,18,19). The van der Waals surface area contributed by atoms with E-state index in [9.17, 15) is 9.59 Å². The molecule has 1 amide bonds. The van der Waals surface area contributed by atoms with Crippen LogP contribution in [0.1, 0.15) is 47.5 Å². The van der Waals surface area contributed by atoms with Gasteiger partial charge in [0.25, 0.3) is 0 Å². The highest BCUT2D eigenvalue weighted by atomic mass is 16.7. The van der Waals surface area contributed by atoms with Gasteiger partial charge in [-0.05, 0) is 34.6 Å². The number of carboxylic acids is 1. The van der Waals surface area contributed by atoms with Gasteiger partial charge in [0.2, 0.25) is 0 Å². The molecule has 24 heavy (non-hydrogen) atoms. The van der Waals surface area contributed by atoms with Gasteiger partial charge in [-0.25, -0.2) is 4.79 Å². The average molecular weight is 347 g/mol. The maximum Gasteiger partial charge on any atom is 0.407 e. The van der Waals surface area contributed by atoms with Crippen molar-refractivity contribution in [3.63, 3.8) is 0 Å². The molecule has 1 heterocycles. The number of ether oxygens (including phenoxy) is 4. The summed E-state index contributed by atoms with van der Waals surface area (Å²) in [7, 11) is 0. The van der Waals surface area contributed by atoms with Gasteiger partial charge in [0.05, 0.1) is 30.3 Å². The molecule has 0 aliphatic carbocycles. The maximum atomic E-state index is 11.6. The lowest BCUT2D eigenvalue weighted by Crippen LogP contribution is -2.38. The SMILES string of the molecule is CC(C)(C)OC(COC(=O)NCCC(=O)O)OC1COC(C)(C)C1. The number of carboxylic acid groups (broad SMARTS) is 1. The van der Waals surface area contributed by atoms with E-state index in [1.807, 2.05) is 34.6 Å². The van der Waals surface area contributed by atoms with Crippen LogP contribution >= 0.6 is 0 Å². The average Bonchev–Trinajstić information content (AvgIpc) is 2.73. The minimum atomic E-state index is -0.989. The Balaban J connectivity index is 2.44. The van der Waals surface area contributed by atoms with Crippen LogP contribution in [0.4, 0.5) is 4.79 Å². The van der Waals surface area contributed by atoms with E-state index in [2.05, 4.69) is 5.32 Å². The minimum absolute atomic E-state index is 0.00444. The fourth-order valence-corrected chi connectivity index (χ4v) is 2.25. The smallest absolute Gasteiger partial charge is 0.407 e. The van der Waals surface area contributed by atoms with Crippen LogP contribution in [-0.2, 0) is 23.7 Å². The summed E-state index contributed by atoms with van der Waals surface area (Å²) < 4.78 is 22.3. The Morgan fingerprint density at radius 2 is 2.04 bits per heavy atom. The molecule has 8 nitrogen and oxygen atoms in total. The molecule has 1 aliphatic rings. The first-order valence-electron chi connectivity index (χ1n) is 8.06. The van der Waals surface area contributed by atoms with E-state index in [-0.39, 0.29) is 31.3 Å². The Bertz CT molecular complexity index is 431. The molecular formula is C16H29NO7. The highest BCUT2D eigenvalue weighted by Crippen LogP contribution is 2.28. The van der Waals surface area contributed by atoms with E-state index >= 15 is 0 Å². The first-order valence-corrected chi connectivity index (χ1v) is 8.06. The Morgan fingerprint density at radius 3 is 2.54 bits per heavy atom. The van der Waals surface area contributed by atoms with Crippen molar-refractivity contribution in [3.05, 3.63) is 0 Å². The Morgan fingerprint density at radius 1 is 1.38 bits per heavy atom. The molecule has 1 aliphatic heterocycles. The number of nitrogens with one attached hydrogen (secondary N) is 1. The van der Waals surface area contributed by atoms with Crippen LogP contribution in [0, 0.1) is 0 Å². The van der Waals surface area contributed by atoms with Crippen molar-refractivity contribution in [3.8, 4) is 0 Å². The number of hydrogen-bond donors (Lipinski definition) is 2. The lowest BCUT2D eigenvalue weighted by molar-refractivity contribution is -0.227. The van der Waals surface area contributed by atoms with Crippen molar-refractivity contribution in [2.24, 2.45) is 0 Å². The van der Waals surface area contributed by atoms with Gasteiger partial charge >= 0.3 is 12.1 Å². The summed E-state index contributed by atoms with van der Waals surface area (Å²) >= 11 is 0. The van der Waals surface area contributed by atoms with Gasteiger partial charge in [-0.3, -0.25) is 4.79 Å². The fourth-order valence-electron chi connectivity index (χ4n) is 2.25. The molecule has 0 aromatic rings. The van der Waals surface area contributed by atoms with Crippen molar-refractivity contribution in [1.82, 2.24) is 5.32 Å². The summed E-state index contributed by atoms with van der Waals surface area (Å²) in [5, 5.41) is 10.9. The molecule has 1 saturated heterocycles. The van der Waals surface area contributed by atoms with Crippen molar-refractivity contribution in [2.75, 3.05) is 19.8 Å². The molecule has 8 heteroatoms. The molecule has 0 aromatic heterocycles. The summed E-state index contributed by atoms with van der Waals surface area (Å²) in [5.74, 6) is -0.989. The van der Waals surface area contributed by atoms with E-state index in [1.165, 1.54) is 0 Å². The second-order valence-electron chi connectivity index (χ2n) is 7.36. The van der Waals surface area contributed by atoms with Gasteiger partial charge in [-0.15, -0.1) is 0 Å². The predicted molar refractivity (Wildman–Crippen MR) is 85.8 cm³/mol. The zero-order valence-corrected chi connectivity index (χ0v) is 15.1. The first kappa shape index (κ1) is 20.7. The van der Waals surface area contributed by atoms with E-state index in [1.54, 1.807) is 0 Å². The Kier molecular flexibility index (Phi) is 7.44. The molecule has 0 aromatic carbocycles. The van der Waals surface area contributed by atoms with Gasteiger partial charge in [0.15, 0.2) is 6.29 Å². The van der Waals surface area contributed by atoms with E-state index in [4.69, 9.17) is 24.1 Å². The van der Waals surface area contributed by atoms with Gasteiger partial charge in [-0.1, -0.05) is 0 Å². The van der Waals surface area contributed by atoms with Crippen LogP contribution in [0.5, 0.6) is 0 Å². The molecule has 0 bridgehead atoms. The quantitative estimate of drug-likeness (QED) is 0.646. The minimum Gasteiger partial charge on any atom is -0.481 e.